The van der Waals surface area contributed by atoms with Crippen LogP contribution in [0.3, 0.4) is 0 Å². The Labute approximate surface area is 66.7 Å². The first-order chi connectivity index (χ1) is 5.43. The maximum absolute atomic E-state index is 5.27. The van der Waals surface area contributed by atoms with Gasteiger partial charge in [-0.1, -0.05) is 24.3 Å². The first kappa shape index (κ1) is 7.82. The molecule has 0 fully saturated rings. The lowest BCUT2D eigenvalue weighted by atomic mass is 10.3. The average molecular weight is 148 g/mol. The third kappa shape index (κ3) is 2.87. The first-order valence-corrected chi connectivity index (χ1v) is 3.60. The summed E-state index contributed by atoms with van der Waals surface area (Å²) in [6.07, 6.45) is 3.71. The van der Waals surface area contributed by atoms with Crippen molar-refractivity contribution in [3.63, 3.8) is 0 Å². The summed E-state index contributed by atoms with van der Waals surface area (Å²) >= 11 is 0. The molecule has 3 N–H and O–H groups in total. The fourth-order valence-electron chi connectivity index (χ4n) is 0.758. The number of nitrogens with two attached hydrogens (primary N) is 1. The molecule has 0 saturated heterocycles. The SMILES string of the molecule is NC/C=C/Nc1ccccc1. The Kier molecular flexibility index (Phi) is 3.22. The summed E-state index contributed by atoms with van der Waals surface area (Å²) in [4.78, 5) is 0. The highest BCUT2D eigenvalue weighted by molar-refractivity contribution is 5.44. The average Bonchev–Trinajstić information content (AvgIpc) is 2.07. The lowest BCUT2D eigenvalue weighted by Crippen LogP contribution is -1.94. The fourth-order valence-corrected chi connectivity index (χ4v) is 0.758. The summed E-state index contributed by atoms with van der Waals surface area (Å²) in [6, 6.07) is 9.96. The quantitative estimate of drug-likeness (QED) is 0.682. The van der Waals surface area contributed by atoms with E-state index in [1.165, 1.54) is 0 Å². The van der Waals surface area contributed by atoms with Gasteiger partial charge in [0, 0.05) is 12.2 Å². The molecule has 0 aromatic heterocycles. The number of hydrogen-bond donors (Lipinski definition) is 2. The molecule has 1 aromatic rings. The largest absolute Gasteiger partial charge is 0.362 e. The van der Waals surface area contributed by atoms with Crippen LogP contribution in [-0.4, -0.2) is 6.54 Å². The van der Waals surface area contributed by atoms with Crippen LogP contribution in [0.2, 0.25) is 0 Å². The normalized spacial score (nSPS) is 10.3. The summed E-state index contributed by atoms with van der Waals surface area (Å²) in [7, 11) is 0. The van der Waals surface area contributed by atoms with Crippen molar-refractivity contribution in [1.29, 1.82) is 0 Å². The van der Waals surface area contributed by atoms with Crippen molar-refractivity contribution in [2.75, 3.05) is 11.9 Å². The predicted molar refractivity (Wildman–Crippen MR) is 48.3 cm³/mol. The van der Waals surface area contributed by atoms with E-state index < -0.39 is 0 Å². The summed E-state index contributed by atoms with van der Waals surface area (Å²) in [5.41, 5.74) is 6.35. The van der Waals surface area contributed by atoms with Crippen LogP contribution in [0, 0.1) is 0 Å². The van der Waals surface area contributed by atoms with Gasteiger partial charge in [-0.05, 0) is 18.3 Å². The molecule has 0 atom stereocenters. The first-order valence-electron chi connectivity index (χ1n) is 3.60. The molecule has 2 nitrogen and oxygen atoms in total. The molecule has 2 heteroatoms. The van der Waals surface area contributed by atoms with Crippen LogP contribution in [0.5, 0.6) is 0 Å². The number of anilines is 1. The van der Waals surface area contributed by atoms with Crippen LogP contribution < -0.4 is 11.1 Å². The van der Waals surface area contributed by atoms with Gasteiger partial charge in [0.15, 0.2) is 0 Å². The molecule has 0 spiro atoms. The van der Waals surface area contributed by atoms with Gasteiger partial charge < -0.3 is 11.1 Å². The van der Waals surface area contributed by atoms with Crippen molar-refractivity contribution in [3.8, 4) is 0 Å². The van der Waals surface area contributed by atoms with Gasteiger partial charge >= 0.3 is 0 Å². The second-order valence-electron chi connectivity index (χ2n) is 2.15. The van der Waals surface area contributed by atoms with Gasteiger partial charge in [-0.3, -0.25) is 0 Å². The van der Waals surface area contributed by atoms with E-state index in [2.05, 4.69) is 5.32 Å². The molecule has 58 valence electrons. The van der Waals surface area contributed by atoms with E-state index in [-0.39, 0.29) is 0 Å². The number of nitrogens with one attached hydrogen (secondary N) is 1. The van der Waals surface area contributed by atoms with E-state index in [0.717, 1.165) is 5.69 Å². The standard InChI is InChI=1S/C9H12N2/c10-7-4-8-11-9-5-2-1-3-6-9/h1-6,8,11H,7,10H2/b8-4+. The van der Waals surface area contributed by atoms with E-state index in [4.69, 9.17) is 5.73 Å². The predicted octanol–water partition coefficient (Wildman–Crippen LogP) is 1.57. The molecular weight excluding hydrogens is 136 g/mol. The fraction of sp³-hybridized carbons (Fsp3) is 0.111. The van der Waals surface area contributed by atoms with E-state index in [1.807, 2.05) is 42.6 Å². The Hall–Kier alpha value is -1.28. The Morgan fingerprint density at radius 1 is 1.27 bits per heavy atom. The van der Waals surface area contributed by atoms with Gasteiger partial charge in [0.25, 0.3) is 0 Å². The highest BCUT2D eigenvalue weighted by Gasteiger charge is 1.81. The molecule has 0 heterocycles. The molecule has 0 bridgehead atoms. The zero-order valence-electron chi connectivity index (χ0n) is 6.33. The zero-order chi connectivity index (χ0) is 7.94. The van der Waals surface area contributed by atoms with Gasteiger partial charge in [-0.15, -0.1) is 0 Å². The topological polar surface area (TPSA) is 38.0 Å². The summed E-state index contributed by atoms with van der Waals surface area (Å²) < 4.78 is 0. The Balaban J connectivity index is 2.45. The second-order valence-corrected chi connectivity index (χ2v) is 2.15. The van der Waals surface area contributed by atoms with Gasteiger partial charge in [-0.2, -0.15) is 0 Å². The lowest BCUT2D eigenvalue weighted by molar-refractivity contribution is 1.25. The Bertz CT molecular complexity index is 216. The summed E-state index contributed by atoms with van der Waals surface area (Å²) in [5, 5.41) is 3.08. The van der Waals surface area contributed by atoms with Crippen molar-refractivity contribution in [2.45, 2.75) is 0 Å². The summed E-state index contributed by atoms with van der Waals surface area (Å²) in [6.45, 7) is 0.569. The van der Waals surface area contributed by atoms with E-state index in [1.54, 1.807) is 0 Å². The third-order valence-corrected chi connectivity index (χ3v) is 1.28. The minimum absolute atomic E-state index is 0.569. The van der Waals surface area contributed by atoms with Crippen molar-refractivity contribution in [2.24, 2.45) is 5.73 Å². The zero-order valence-corrected chi connectivity index (χ0v) is 6.33. The second kappa shape index (κ2) is 4.52. The van der Waals surface area contributed by atoms with Gasteiger partial charge in [-0.25, -0.2) is 0 Å². The van der Waals surface area contributed by atoms with Crippen molar-refractivity contribution in [1.82, 2.24) is 0 Å². The van der Waals surface area contributed by atoms with E-state index >= 15 is 0 Å². The highest BCUT2D eigenvalue weighted by atomic mass is 14.8. The highest BCUT2D eigenvalue weighted by Crippen LogP contribution is 2.03. The number of benzene rings is 1. The third-order valence-electron chi connectivity index (χ3n) is 1.28. The molecule has 0 saturated carbocycles. The molecule has 0 aliphatic heterocycles. The molecule has 0 aliphatic rings. The molecule has 1 rings (SSSR count). The minimum atomic E-state index is 0.569. The van der Waals surface area contributed by atoms with Crippen LogP contribution in [-0.2, 0) is 0 Å². The van der Waals surface area contributed by atoms with Gasteiger partial charge in [0.05, 0.1) is 0 Å². The molecule has 11 heavy (non-hydrogen) atoms. The smallest absolute Gasteiger partial charge is 0.0379 e. The molecule has 1 aromatic carbocycles. The maximum atomic E-state index is 5.27. The van der Waals surface area contributed by atoms with Gasteiger partial charge in [0.2, 0.25) is 0 Å². The Morgan fingerprint density at radius 2 is 2.00 bits per heavy atom. The van der Waals surface area contributed by atoms with Crippen LogP contribution in [0.1, 0.15) is 0 Å². The van der Waals surface area contributed by atoms with Crippen molar-refractivity contribution >= 4 is 5.69 Å². The van der Waals surface area contributed by atoms with Crippen LogP contribution in [0.15, 0.2) is 42.6 Å². The lowest BCUT2D eigenvalue weighted by Gasteiger charge is -1.97. The monoisotopic (exact) mass is 148 g/mol. The van der Waals surface area contributed by atoms with Crippen LogP contribution >= 0.6 is 0 Å². The van der Waals surface area contributed by atoms with Crippen LogP contribution in [0.25, 0.3) is 0 Å². The number of hydrogen-bond acceptors (Lipinski definition) is 2. The van der Waals surface area contributed by atoms with E-state index in [9.17, 15) is 0 Å². The van der Waals surface area contributed by atoms with Crippen LogP contribution in [0.4, 0.5) is 5.69 Å². The van der Waals surface area contributed by atoms with Crippen molar-refractivity contribution in [3.05, 3.63) is 42.6 Å². The molecular formula is C9H12N2. The minimum Gasteiger partial charge on any atom is -0.362 e. The van der Waals surface area contributed by atoms with Crippen molar-refractivity contribution < 1.29 is 0 Å². The van der Waals surface area contributed by atoms with E-state index in [0.29, 0.717) is 6.54 Å². The van der Waals surface area contributed by atoms with Gasteiger partial charge in [0.1, 0.15) is 0 Å². The molecule has 0 unspecified atom stereocenters. The molecule has 0 aliphatic carbocycles. The number of rotatable bonds is 3. The maximum Gasteiger partial charge on any atom is 0.0379 e. The number of para-hydroxylation sites is 1. The molecule has 0 radical (unpaired) electrons. The molecule has 0 amide bonds. The summed E-state index contributed by atoms with van der Waals surface area (Å²) in [5.74, 6) is 0. The Morgan fingerprint density at radius 3 is 2.64 bits per heavy atom.